The molecule has 0 amide bonds. The number of carbonyl (C=O) groups is 1. The number of aromatic nitrogens is 4. The van der Waals surface area contributed by atoms with Crippen molar-refractivity contribution in [3.63, 3.8) is 0 Å². The molecule has 3 rings (SSSR count). The van der Waals surface area contributed by atoms with E-state index in [4.69, 9.17) is 9.84 Å². The quantitative estimate of drug-likeness (QED) is 0.630. The number of aliphatic carboxylic acids is 1. The number of hydrogen-bond donors (Lipinski definition) is 2. The van der Waals surface area contributed by atoms with Gasteiger partial charge in [0.15, 0.2) is 10.8 Å². The summed E-state index contributed by atoms with van der Waals surface area (Å²) in [5, 5.41) is 13.7. The van der Waals surface area contributed by atoms with Gasteiger partial charge >= 0.3 is 5.97 Å². The van der Waals surface area contributed by atoms with Crippen LogP contribution < -0.4 is 5.56 Å². The topological polar surface area (TPSA) is 110 Å². The minimum atomic E-state index is -0.958. The molecule has 3 heterocycles. The predicted molar refractivity (Wildman–Crippen MR) is 75.6 cm³/mol. The molecule has 1 aliphatic rings. The van der Waals surface area contributed by atoms with Crippen molar-refractivity contribution in [2.75, 3.05) is 19.0 Å². The Balaban J connectivity index is 1.98. The molecule has 0 aliphatic carbocycles. The lowest BCUT2D eigenvalue weighted by Crippen LogP contribution is -2.21. The third kappa shape index (κ3) is 2.93. The fourth-order valence-corrected chi connectivity index (χ4v) is 2.89. The summed E-state index contributed by atoms with van der Waals surface area (Å²) < 4.78 is 7.07. The van der Waals surface area contributed by atoms with Gasteiger partial charge < -0.3 is 14.8 Å². The van der Waals surface area contributed by atoms with E-state index in [9.17, 15) is 9.59 Å². The lowest BCUT2D eigenvalue weighted by atomic mass is 10.1. The second-order valence-corrected chi connectivity index (χ2v) is 5.69. The third-order valence-corrected chi connectivity index (χ3v) is 4.17. The van der Waals surface area contributed by atoms with E-state index in [-0.39, 0.29) is 17.4 Å². The van der Waals surface area contributed by atoms with Crippen molar-refractivity contribution in [3.8, 4) is 0 Å². The number of carboxylic acids is 1. The van der Waals surface area contributed by atoms with Crippen LogP contribution in [0.2, 0.25) is 0 Å². The van der Waals surface area contributed by atoms with Gasteiger partial charge in [0, 0.05) is 13.2 Å². The Bertz CT molecular complexity index is 720. The molecule has 1 aliphatic heterocycles. The highest BCUT2D eigenvalue weighted by Gasteiger charge is 2.20. The monoisotopic (exact) mass is 310 g/mol. The van der Waals surface area contributed by atoms with Crippen molar-refractivity contribution in [2.45, 2.75) is 24.0 Å². The molecule has 0 aromatic carbocycles. The summed E-state index contributed by atoms with van der Waals surface area (Å²) in [6, 6.07) is 0.155. The van der Waals surface area contributed by atoms with E-state index in [1.165, 1.54) is 6.20 Å². The van der Waals surface area contributed by atoms with Crippen molar-refractivity contribution in [1.82, 2.24) is 19.7 Å². The van der Waals surface area contributed by atoms with Gasteiger partial charge in [-0.15, -0.1) is 0 Å². The fraction of sp³-hybridized carbons (Fsp3) is 0.500. The minimum Gasteiger partial charge on any atom is -0.481 e. The van der Waals surface area contributed by atoms with E-state index >= 15 is 0 Å². The van der Waals surface area contributed by atoms with Crippen LogP contribution in [-0.2, 0) is 9.53 Å². The van der Waals surface area contributed by atoms with Crippen molar-refractivity contribution < 1.29 is 14.6 Å². The molecule has 8 nitrogen and oxygen atoms in total. The van der Waals surface area contributed by atoms with Crippen molar-refractivity contribution in [3.05, 3.63) is 16.6 Å². The molecule has 2 aromatic heterocycles. The molecule has 21 heavy (non-hydrogen) atoms. The number of thioether (sulfide) groups is 1. The predicted octanol–water partition coefficient (Wildman–Crippen LogP) is 0.648. The largest absolute Gasteiger partial charge is 0.481 e. The summed E-state index contributed by atoms with van der Waals surface area (Å²) in [7, 11) is 0. The molecule has 0 atom stereocenters. The smallest absolute Gasteiger partial charge is 0.313 e. The van der Waals surface area contributed by atoms with Crippen LogP contribution in [0.1, 0.15) is 18.9 Å². The Kier molecular flexibility index (Phi) is 3.93. The number of nitrogens with one attached hydrogen (secondary N) is 1. The van der Waals surface area contributed by atoms with Crippen molar-refractivity contribution in [1.29, 1.82) is 0 Å². The van der Waals surface area contributed by atoms with E-state index in [0.29, 0.717) is 29.4 Å². The fourth-order valence-electron chi connectivity index (χ4n) is 2.31. The number of nitrogens with zero attached hydrogens (tertiary/aromatic N) is 3. The van der Waals surface area contributed by atoms with Gasteiger partial charge in [-0.25, -0.2) is 9.67 Å². The van der Waals surface area contributed by atoms with Crippen molar-refractivity contribution >= 4 is 28.8 Å². The van der Waals surface area contributed by atoms with Gasteiger partial charge in [0.25, 0.3) is 5.56 Å². The molecule has 0 unspecified atom stereocenters. The van der Waals surface area contributed by atoms with Gasteiger partial charge in [0.1, 0.15) is 5.39 Å². The third-order valence-electron chi connectivity index (χ3n) is 3.31. The van der Waals surface area contributed by atoms with Crippen LogP contribution in [0.5, 0.6) is 0 Å². The molecule has 112 valence electrons. The number of carboxylic acid groups (broad SMARTS) is 1. The average molecular weight is 310 g/mol. The van der Waals surface area contributed by atoms with Crippen molar-refractivity contribution in [2.24, 2.45) is 0 Å². The number of rotatable bonds is 4. The molecular formula is C12H14N4O4S. The zero-order valence-corrected chi connectivity index (χ0v) is 11.9. The summed E-state index contributed by atoms with van der Waals surface area (Å²) in [6.07, 6.45) is 3.15. The standard InChI is InChI=1S/C12H14N4O4S/c17-9(18)6-21-12-14-10-8(11(19)15-12)5-13-16(10)7-1-3-20-4-2-7/h5,7H,1-4,6H2,(H,17,18)(H,14,15,19). The molecule has 1 fully saturated rings. The first-order valence-corrected chi connectivity index (χ1v) is 7.53. The lowest BCUT2D eigenvalue weighted by Gasteiger charge is -2.22. The van der Waals surface area contributed by atoms with E-state index in [1.54, 1.807) is 4.68 Å². The first-order valence-electron chi connectivity index (χ1n) is 6.55. The highest BCUT2D eigenvalue weighted by molar-refractivity contribution is 7.99. The normalized spacial score (nSPS) is 16.4. The molecule has 0 radical (unpaired) electrons. The lowest BCUT2D eigenvalue weighted by molar-refractivity contribution is -0.133. The molecule has 1 saturated heterocycles. The first-order chi connectivity index (χ1) is 10.1. The summed E-state index contributed by atoms with van der Waals surface area (Å²) >= 11 is 0.984. The van der Waals surface area contributed by atoms with Crippen LogP contribution in [0.25, 0.3) is 11.0 Å². The number of aromatic amines is 1. The number of H-pyrrole nitrogens is 1. The van der Waals surface area contributed by atoms with Gasteiger partial charge in [0.2, 0.25) is 0 Å². The van der Waals surface area contributed by atoms with E-state index in [2.05, 4.69) is 15.1 Å². The maximum Gasteiger partial charge on any atom is 0.313 e. The van der Waals surface area contributed by atoms with Crippen LogP contribution in [0, 0.1) is 0 Å². The zero-order valence-electron chi connectivity index (χ0n) is 11.1. The van der Waals surface area contributed by atoms with E-state index < -0.39 is 5.97 Å². The van der Waals surface area contributed by atoms with Crippen LogP contribution in [-0.4, -0.2) is 49.8 Å². The summed E-state index contributed by atoms with van der Waals surface area (Å²) in [5.74, 6) is -1.11. The van der Waals surface area contributed by atoms with E-state index in [1.807, 2.05) is 0 Å². The SMILES string of the molecule is O=C(O)CSc1nc2c(cnn2C2CCOCC2)c(=O)[nH]1. The Morgan fingerprint density at radius 2 is 2.29 bits per heavy atom. The summed E-state index contributed by atoms with van der Waals surface area (Å²) in [4.78, 5) is 29.5. The molecule has 9 heteroatoms. The molecule has 2 N–H and O–H groups in total. The molecule has 2 aromatic rings. The van der Waals surface area contributed by atoms with Crippen LogP contribution in [0.3, 0.4) is 0 Å². The second kappa shape index (κ2) is 5.86. The molecule has 0 bridgehead atoms. The molecule has 0 saturated carbocycles. The maximum absolute atomic E-state index is 12.0. The van der Waals surface area contributed by atoms with Gasteiger partial charge in [-0.1, -0.05) is 11.8 Å². The van der Waals surface area contributed by atoms with Crippen LogP contribution in [0.4, 0.5) is 0 Å². The number of ether oxygens (including phenoxy) is 1. The molecule has 0 spiro atoms. The Labute approximate surface area is 123 Å². The summed E-state index contributed by atoms with van der Waals surface area (Å²) in [6.45, 7) is 1.33. The highest BCUT2D eigenvalue weighted by Crippen LogP contribution is 2.24. The van der Waals surface area contributed by atoms with E-state index in [0.717, 1.165) is 24.6 Å². The molecular weight excluding hydrogens is 296 g/mol. The van der Waals surface area contributed by atoms with Crippen LogP contribution in [0.15, 0.2) is 16.1 Å². The van der Waals surface area contributed by atoms with Gasteiger partial charge in [-0.2, -0.15) is 5.10 Å². The van der Waals surface area contributed by atoms with Gasteiger partial charge in [-0.3, -0.25) is 9.59 Å². The van der Waals surface area contributed by atoms with Gasteiger partial charge in [-0.05, 0) is 12.8 Å². The Hall–Kier alpha value is -1.87. The number of fused-ring (bicyclic) bond motifs is 1. The van der Waals surface area contributed by atoms with Crippen LogP contribution >= 0.6 is 11.8 Å². The summed E-state index contributed by atoms with van der Waals surface area (Å²) in [5.41, 5.74) is 0.199. The Morgan fingerprint density at radius 1 is 1.52 bits per heavy atom. The zero-order chi connectivity index (χ0) is 14.8. The average Bonchev–Trinajstić information content (AvgIpc) is 2.90. The Morgan fingerprint density at radius 3 is 3.00 bits per heavy atom. The minimum absolute atomic E-state index is 0.153. The first kappa shape index (κ1) is 14.1. The highest BCUT2D eigenvalue weighted by atomic mass is 32.2. The van der Waals surface area contributed by atoms with Gasteiger partial charge in [0.05, 0.1) is 18.0 Å². The number of hydrogen-bond acceptors (Lipinski definition) is 6. The second-order valence-electron chi connectivity index (χ2n) is 4.72. The maximum atomic E-state index is 12.0.